The fourth-order valence-corrected chi connectivity index (χ4v) is 5.79. The summed E-state index contributed by atoms with van der Waals surface area (Å²) in [6, 6.07) is 6.93. The third-order valence-electron chi connectivity index (χ3n) is 4.91. The second-order valence-corrected chi connectivity index (χ2v) is 10.5. The van der Waals surface area contributed by atoms with Gasteiger partial charge in [0.15, 0.2) is 6.10 Å². The summed E-state index contributed by atoms with van der Waals surface area (Å²) in [5.74, 6) is -2.22. The minimum absolute atomic E-state index is 0.0148. The van der Waals surface area contributed by atoms with E-state index in [9.17, 15) is 22.8 Å². The lowest BCUT2D eigenvalue weighted by molar-refractivity contribution is -0.123. The number of amides is 2. The van der Waals surface area contributed by atoms with Crippen molar-refractivity contribution in [1.29, 1.82) is 0 Å². The molecule has 10 nitrogen and oxygen atoms in total. The third kappa shape index (κ3) is 5.77. The number of rotatable bonds is 7. The highest BCUT2D eigenvalue weighted by molar-refractivity contribution is 7.89. The molecule has 0 spiro atoms. The highest BCUT2D eigenvalue weighted by Crippen LogP contribution is 2.24. The van der Waals surface area contributed by atoms with Crippen molar-refractivity contribution in [3.8, 4) is 0 Å². The van der Waals surface area contributed by atoms with Crippen molar-refractivity contribution in [1.82, 2.24) is 4.31 Å². The van der Waals surface area contributed by atoms with Gasteiger partial charge in [-0.3, -0.25) is 9.59 Å². The van der Waals surface area contributed by atoms with Crippen LogP contribution >= 0.6 is 11.3 Å². The Morgan fingerprint density at radius 3 is 2.52 bits per heavy atom. The lowest BCUT2D eigenvalue weighted by atomic mass is 10.2. The predicted molar refractivity (Wildman–Crippen MR) is 122 cm³/mol. The summed E-state index contributed by atoms with van der Waals surface area (Å²) in [6.45, 7) is 5.35. The number of thiophene rings is 1. The van der Waals surface area contributed by atoms with E-state index in [0.717, 1.165) is 11.3 Å². The molecule has 1 aliphatic rings. The van der Waals surface area contributed by atoms with Crippen LogP contribution in [0.4, 0.5) is 5.00 Å². The zero-order valence-corrected chi connectivity index (χ0v) is 19.9. The van der Waals surface area contributed by atoms with Crippen molar-refractivity contribution in [2.45, 2.75) is 44.0 Å². The Morgan fingerprint density at radius 1 is 1.21 bits per heavy atom. The Balaban J connectivity index is 1.70. The fraction of sp³-hybridized carbons (Fsp3) is 0.381. The first kappa shape index (κ1) is 24.8. The predicted octanol–water partition coefficient (Wildman–Crippen LogP) is 1.83. The molecular formula is C21H25N3O7S2. The number of sulfonamides is 1. The summed E-state index contributed by atoms with van der Waals surface area (Å²) in [7, 11) is -3.85. The van der Waals surface area contributed by atoms with Gasteiger partial charge in [-0.15, -0.1) is 11.3 Å². The number of nitrogens with one attached hydrogen (secondary N) is 1. The lowest BCUT2D eigenvalue weighted by Crippen LogP contribution is -2.48. The van der Waals surface area contributed by atoms with E-state index in [1.54, 1.807) is 19.2 Å². The summed E-state index contributed by atoms with van der Waals surface area (Å²) >= 11 is 1.10. The monoisotopic (exact) mass is 495 g/mol. The third-order valence-corrected chi connectivity index (χ3v) is 7.57. The average molecular weight is 496 g/mol. The van der Waals surface area contributed by atoms with Gasteiger partial charge in [0.1, 0.15) is 5.00 Å². The molecule has 2 amide bonds. The maximum Gasteiger partial charge on any atom is 0.338 e. The van der Waals surface area contributed by atoms with Gasteiger partial charge in [0.05, 0.1) is 28.2 Å². The van der Waals surface area contributed by atoms with Crippen LogP contribution in [0.25, 0.3) is 0 Å². The van der Waals surface area contributed by atoms with Crippen molar-refractivity contribution in [3.05, 3.63) is 46.8 Å². The molecule has 0 unspecified atom stereocenters. The van der Waals surface area contributed by atoms with Gasteiger partial charge in [0.25, 0.3) is 11.8 Å². The zero-order chi connectivity index (χ0) is 24.3. The molecule has 1 aliphatic heterocycles. The number of esters is 1. The molecule has 1 aromatic carbocycles. The molecule has 2 heterocycles. The van der Waals surface area contributed by atoms with Gasteiger partial charge in [-0.25, -0.2) is 13.2 Å². The van der Waals surface area contributed by atoms with E-state index in [1.165, 1.54) is 41.6 Å². The Labute approximate surface area is 195 Å². The molecule has 2 aromatic rings. The maximum atomic E-state index is 13.1. The number of morpholine rings is 1. The second kappa shape index (κ2) is 10.00. The molecule has 3 rings (SSSR count). The molecule has 12 heteroatoms. The van der Waals surface area contributed by atoms with Crippen LogP contribution in [0.15, 0.2) is 40.6 Å². The normalized spacial score (nSPS) is 20.1. The van der Waals surface area contributed by atoms with E-state index in [4.69, 9.17) is 15.2 Å². The number of primary amides is 1. The minimum Gasteiger partial charge on any atom is -0.449 e. The number of carbonyl (C=O) groups is 3. The number of nitrogens with two attached hydrogens (primary N) is 1. The van der Waals surface area contributed by atoms with Crippen LogP contribution in [0, 0.1) is 0 Å². The van der Waals surface area contributed by atoms with Crippen LogP contribution in [-0.4, -0.2) is 61.9 Å². The minimum atomic E-state index is -3.85. The summed E-state index contributed by atoms with van der Waals surface area (Å²) < 4.78 is 38.2. The van der Waals surface area contributed by atoms with Crippen LogP contribution in [0.5, 0.6) is 0 Å². The smallest absolute Gasteiger partial charge is 0.338 e. The zero-order valence-electron chi connectivity index (χ0n) is 18.3. The average Bonchev–Trinajstić information content (AvgIpc) is 3.21. The van der Waals surface area contributed by atoms with Crippen LogP contribution in [0.2, 0.25) is 0 Å². The molecule has 33 heavy (non-hydrogen) atoms. The molecule has 0 bridgehead atoms. The first-order valence-corrected chi connectivity index (χ1v) is 12.5. The van der Waals surface area contributed by atoms with Crippen molar-refractivity contribution in [3.63, 3.8) is 0 Å². The van der Waals surface area contributed by atoms with Gasteiger partial charge in [-0.1, -0.05) is 6.07 Å². The van der Waals surface area contributed by atoms with Crippen molar-refractivity contribution in [2.24, 2.45) is 5.73 Å². The van der Waals surface area contributed by atoms with Crippen molar-refractivity contribution < 1.29 is 32.3 Å². The largest absolute Gasteiger partial charge is 0.449 e. The van der Waals surface area contributed by atoms with E-state index in [0.29, 0.717) is 0 Å². The molecule has 1 saturated heterocycles. The van der Waals surface area contributed by atoms with E-state index in [2.05, 4.69) is 5.32 Å². The van der Waals surface area contributed by atoms with Gasteiger partial charge in [0, 0.05) is 13.1 Å². The molecule has 0 saturated carbocycles. The molecule has 0 aliphatic carbocycles. The number of anilines is 1. The number of hydrogen-bond donors (Lipinski definition) is 2. The SMILES string of the molecule is C[C@@H]1CN(S(=O)(=O)c2cccc(C(=O)O[C@@H](C)C(=O)Nc3sccc3C(N)=O)c2)C[C@@H](C)O1. The number of ether oxygens (including phenoxy) is 2. The number of hydrogen-bond acceptors (Lipinski definition) is 8. The van der Waals surface area contributed by atoms with Gasteiger partial charge in [-0.05, 0) is 50.4 Å². The van der Waals surface area contributed by atoms with Crippen LogP contribution in [0.1, 0.15) is 41.5 Å². The standard InChI is InChI=1S/C21H25N3O7S2/c1-12-10-24(11-13(2)30-12)33(28,29)16-6-4-5-15(9-16)21(27)31-14(3)19(26)23-20-17(18(22)25)7-8-32-20/h4-9,12-14H,10-11H2,1-3H3,(H2,22,25)(H,23,26)/t12-,13-,14+/m1/s1. The number of nitrogens with zero attached hydrogens (tertiary/aromatic N) is 1. The molecule has 0 radical (unpaired) electrons. The quantitative estimate of drug-likeness (QED) is 0.557. The first-order valence-electron chi connectivity index (χ1n) is 10.1. The first-order chi connectivity index (χ1) is 15.5. The Hall–Kier alpha value is -2.80. The highest BCUT2D eigenvalue weighted by Gasteiger charge is 2.32. The molecule has 1 fully saturated rings. The maximum absolute atomic E-state index is 13.1. The lowest BCUT2D eigenvalue weighted by Gasteiger charge is -2.34. The topological polar surface area (TPSA) is 145 Å². The van der Waals surface area contributed by atoms with Crippen LogP contribution in [-0.2, 0) is 24.3 Å². The molecular weight excluding hydrogens is 470 g/mol. The Bertz CT molecular complexity index is 1150. The fourth-order valence-electron chi connectivity index (χ4n) is 3.36. The Morgan fingerprint density at radius 2 is 1.88 bits per heavy atom. The molecule has 178 valence electrons. The van der Waals surface area contributed by atoms with Gasteiger partial charge in [-0.2, -0.15) is 4.31 Å². The van der Waals surface area contributed by atoms with E-state index in [1.807, 2.05) is 0 Å². The van der Waals surface area contributed by atoms with Gasteiger partial charge >= 0.3 is 5.97 Å². The summed E-state index contributed by atoms with van der Waals surface area (Å²) in [5, 5.41) is 4.34. The molecule has 3 N–H and O–H groups in total. The van der Waals surface area contributed by atoms with E-state index >= 15 is 0 Å². The second-order valence-electron chi connectivity index (χ2n) is 7.67. The number of benzene rings is 1. The highest BCUT2D eigenvalue weighted by atomic mass is 32.2. The van der Waals surface area contributed by atoms with Crippen LogP contribution in [0.3, 0.4) is 0 Å². The van der Waals surface area contributed by atoms with Crippen molar-refractivity contribution >= 4 is 44.1 Å². The van der Waals surface area contributed by atoms with E-state index in [-0.39, 0.29) is 46.3 Å². The van der Waals surface area contributed by atoms with Crippen LogP contribution < -0.4 is 11.1 Å². The molecule has 1 aromatic heterocycles. The summed E-state index contributed by atoms with van der Waals surface area (Å²) in [6.07, 6.45) is -1.72. The van der Waals surface area contributed by atoms with Gasteiger partial charge < -0.3 is 20.5 Å². The van der Waals surface area contributed by atoms with Gasteiger partial charge in [0.2, 0.25) is 10.0 Å². The summed E-state index contributed by atoms with van der Waals surface area (Å²) in [4.78, 5) is 36.3. The molecule has 3 atom stereocenters. The number of carbonyl (C=O) groups excluding carboxylic acids is 3. The van der Waals surface area contributed by atoms with Crippen molar-refractivity contribution in [2.75, 3.05) is 18.4 Å². The van der Waals surface area contributed by atoms with E-state index < -0.39 is 33.9 Å². The summed E-state index contributed by atoms with van der Waals surface area (Å²) in [5.41, 5.74) is 5.39. The Kier molecular flexibility index (Phi) is 7.52.